The zero-order chi connectivity index (χ0) is 20.3. The van der Waals surface area contributed by atoms with Gasteiger partial charge < -0.3 is 5.32 Å². The van der Waals surface area contributed by atoms with E-state index in [0.29, 0.717) is 5.69 Å². The standard InChI is InChI=1S/C19H17N5O4/c1-12-10-17(25)18(19(26)21-13(2)14-6-5-9-20-11-14)22-23(12)15-7-3-4-8-16(15)24(27)28/h3-11,13H,1-2H3,(H,21,26). The van der Waals surface area contributed by atoms with E-state index in [1.165, 1.54) is 28.9 Å². The maximum absolute atomic E-state index is 12.6. The highest BCUT2D eigenvalue weighted by atomic mass is 16.6. The molecule has 1 atom stereocenters. The second kappa shape index (κ2) is 7.78. The first-order valence-electron chi connectivity index (χ1n) is 8.44. The van der Waals surface area contributed by atoms with E-state index in [0.717, 1.165) is 5.56 Å². The summed E-state index contributed by atoms with van der Waals surface area (Å²) in [6.45, 7) is 3.34. The van der Waals surface area contributed by atoms with Crippen LogP contribution >= 0.6 is 0 Å². The highest BCUT2D eigenvalue weighted by molar-refractivity contribution is 5.92. The Hall–Kier alpha value is -3.88. The molecule has 9 heteroatoms. The predicted octanol–water partition coefficient (Wildman–Crippen LogP) is 2.34. The van der Waals surface area contributed by atoms with Gasteiger partial charge in [-0.15, -0.1) is 0 Å². The minimum absolute atomic E-state index is 0.166. The predicted molar refractivity (Wildman–Crippen MR) is 101 cm³/mol. The quantitative estimate of drug-likeness (QED) is 0.537. The van der Waals surface area contributed by atoms with E-state index in [9.17, 15) is 19.7 Å². The van der Waals surface area contributed by atoms with Gasteiger partial charge in [0.1, 0.15) is 5.69 Å². The molecule has 2 heterocycles. The molecular weight excluding hydrogens is 362 g/mol. The summed E-state index contributed by atoms with van der Waals surface area (Å²) < 4.78 is 1.23. The van der Waals surface area contributed by atoms with E-state index in [1.807, 2.05) is 0 Å². The lowest BCUT2D eigenvalue weighted by Crippen LogP contribution is -2.33. The Morgan fingerprint density at radius 3 is 2.68 bits per heavy atom. The average Bonchev–Trinajstić information content (AvgIpc) is 2.68. The number of nitro groups is 1. The summed E-state index contributed by atoms with van der Waals surface area (Å²) in [7, 11) is 0. The SMILES string of the molecule is Cc1cc(=O)c(C(=O)NC(C)c2cccnc2)nn1-c1ccccc1[N+](=O)[O-]. The van der Waals surface area contributed by atoms with Gasteiger partial charge >= 0.3 is 0 Å². The zero-order valence-corrected chi connectivity index (χ0v) is 15.2. The van der Waals surface area contributed by atoms with E-state index in [2.05, 4.69) is 15.4 Å². The molecule has 0 saturated carbocycles. The van der Waals surface area contributed by atoms with Gasteiger partial charge in [0.25, 0.3) is 11.6 Å². The Balaban J connectivity index is 2.00. The number of nitrogens with zero attached hydrogens (tertiary/aromatic N) is 4. The van der Waals surface area contributed by atoms with Gasteiger partial charge in [-0.3, -0.25) is 24.7 Å². The van der Waals surface area contributed by atoms with Crippen LogP contribution in [0, 0.1) is 17.0 Å². The van der Waals surface area contributed by atoms with E-state index in [4.69, 9.17) is 0 Å². The maximum Gasteiger partial charge on any atom is 0.294 e. The van der Waals surface area contributed by atoms with Gasteiger partial charge in [-0.2, -0.15) is 5.10 Å². The highest BCUT2D eigenvalue weighted by Crippen LogP contribution is 2.22. The van der Waals surface area contributed by atoms with Crippen LogP contribution in [0.2, 0.25) is 0 Å². The number of para-hydroxylation sites is 2. The van der Waals surface area contributed by atoms with Crippen LogP contribution in [0.5, 0.6) is 0 Å². The highest BCUT2D eigenvalue weighted by Gasteiger charge is 2.21. The molecule has 0 aliphatic carbocycles. The van der Waals surface area contributed by atoms with Crippen LogP contribution < -0.4 is 10.7 Å². The largest absolute Gasteiger partial charge is 0.344 e. The van der Waals surface area contributed by atoms with Crippen molar-refractivity contribution in [3.63, 3.8) is 0 Å². The number of carbonyl (C=O) groups excluding carboxylic acids is 1. The number of nitro benzene ring substituents is 1. The molecule has 9 nitrogen and oxygen atoms in total. The van der Waals surface area contributed by atoms with Gasteiger partial charge in [0.15, 0.2) is 5.69 Å². The first-order valence-corrected chi connectivity index (χ1v) is 8.44. The Labute approximate surface area is 159 Å². The van der Waals surface area contributed by atoms with Crippen molar-refractivity contribution >= 4 is 11.6 Å². The molecular formula is C19H17N5O4. The summed E-state index contributed by atoms with van der Waals surface area (Å²) in [6.07, 6.45) is 3.23. The lowest BCUT2D eigenvalue weighted by Gasteiger charge is -2.15. The summed E-state index contributed by atoms with van der Waals surface area (Å²) >= 11 is 0. The molecule has 1 aromatic carbocycles. The van der Waals surface area contributed by atoms with E-state index in [-0.39, 0.29) is 17.1 Å². The topological polar surface area (TPSA) is 120 Å². The second-order valence-electron chi connectivity index (χ2n) is 6.14. The van der Waals surface area contributed by atoms with E-state index >= 15 is 0 Å². The van der Waals surface area contributed by atoms with Crippen LogP contribution in [-0.4, -0.2) is 25.6 Å². The minimum atomic E-state index is -0.673. The molecule has 0 aliphatic rings. The number of aryl methyl sites for hydroxylation is 1. The smallest absolute Gasteiger partial charge is 0.294 e. The Morgan fingerprint density at radius 2 is 2.00 bits per heavy atom. The summed E-state index contributed by atoms with van der Waals surface area (Å²) in [5, 5.41) is 18.1. The van der Waals surface area contributed by atoms with Crippen molar-refractivity contribution in [1.29, 1.82) is 0 Å². The molecule has 0 aliphatic heterocycles. The van der Waals surface area contributed by atoms with Gasteiger partial charge in [-0.25, -0.2) is 4.68 Å². The lowest BCUT2D eigenvalue weighted by molar-refractivity contribution is -0.384. The van der Waals surface area contributed by atoms with Crippen molar-refractivity contribution in [2.45, 2.75) is 19.9 Å². The number of hydrogen-bond donors (Lipinski definition) is 1. The molecule has 142 valence electrons. The van der Waals surface area contributed by atoms with Crippen molar-refractivity contribution in [1.82, 2.24) is 20.1 Å². The monoisotopic (exact) mass is 379 g/mol. The van der Waals surface area contributed by atoms with Gasteiger partial charge in [-0.05, 0) is 31.5 Å². The van der Waals surface area contributed by atoms with Crippen molar-refractivity contribution in [2.24, 2.45) is 0 Å². The fourth-order valence-electron chi connectivity index (χ4n) is 2.73. The number of rotatable bonds is 5. The molecule has 1 unspecified atom stereocenters. The summed E-state index contributed by atoms with van der Waals surface area (Å²) in [5.41, 5.74) is 0.206. The molecule has 0 fully saturated rings. The molecule has 0 saturated heterocycles. The number of benzene rings is 1. The number of aromatic nitrogens is 3. The Bertz CT molecular complexity index is 1090. The number of nitrogens with one attached hydrogen (secondary N) is 1. The molecule has 3 rings (SSSR count). The Morgan fingerprint density at radius 1 is 1.25 bits per heavy atom. The van der Waals surface area contributed by atoms with Crippen LogP contribution in [0.1, 0.15) is 34.7 Å². The minimum Gasteiger partial charge on any atom is -0.344 e. The van der Waals surface area contributed by atoms with Crippen molar-refractivity contribution in [3.05, 3.63) is 92.1 Å². The van der Waals surface area contributed by atoms with Crippen molar-refractivity contribution in [3.8, 4) is 5.69 Å². The molecule has 3 aromatic rings. The molecule has 0 bridgehead atoms. The first-order chi connectivity index (χ1) is 13.4. The third-order valence-electron chi connectivity index (χ3n) is 4.16. The zero-order valence-electron chi connectivity index (χ0n) is 15.2. The fourth-order valence-corrected chi connectivity index (χ4v) is 2.73. The Kier molecular flexibility index (Phi) is 5.25. The number of hydrogen-bond acceptors (Lipinski definition) is 6. The van der Waals surface area contributed by atoms with Crippen molar-refractivity contribution in [2.75, 3.05) is 0 Å². The second-order valence-corrected chi connectivity index (χ2v) is 6.14. The molecule has 1 amide bonds. The molecule has 1 N–H and O–H groups in total. The van der Waals surface area contributed by atoms with Gasteiger partial charge in [0.2, 0.25) is 5.43 Å². The van der Waals surface area contributed by atoms with E-state index < -0.39 is 22.3 Å². The number of carbonyl (C=O) groups is 1. The average molecular weight is 379 g/mol. The van der Waals surface area contributed by atoms with Crippen LogP contribution in [0.4, 0.5) is 5.69 Å². The van der Waals surface area contributed by atoms with Gasteiger partial charge in [0, 0.05) is 30.2 Å². The van der Waals surface area contributed by atoms with Crippen LogP contribution in [0.3, 0.4) is 0 Å². The number of amides is 1. The summed E-state index contributed by atoms with van der Waals surface area (Å²) in [5.74, 6) is -0.673. The molecule has 0 spiro atoms. The van der Waals surface area contributed by atoms with E-state index in [1.54, 1.807) is 44.4 Å². The number of pyridine rings is 1. The van der Waals surface area contributed by atoms with Gasteiger partial charge in [-0.1, -0.05) is 18.2 Å². The third kappa shape index (κ3) is 3.78. The summed E-state index contributed by atoms with van der Waals surface area (Å²) in [4.78, 5) is 39.7. The van der Waals surface area contributed by atoms with Crippen LogP contribution in [-0.2, 0) is 0 Å². The van der Waals surface area contributed by atoms with Gasteiger partial charge in [0.05, 0.1) is 11.0 Å². The molecule has 28 heavy (non-hydrogen) atoms. The van der Waals surface area contributed by atoms with Crippen molar-refractivity contribution < 1.29 is 9.72 Å². The van der Waals surface area contributed by atoms with Crippen LogP contribution in [0.15, 0.2) is 59.7 Å². The lowest BCUT2D eigenvalue weighted by atomic mass is 10.1. The third-order valence-corrected chi connectivity index (χ3v) is 4.16. The molecule has 2 aromatic heterocycles. The normalized spacial score (nSPS) is 11.6. The maximum atomic E-state index is 12.6. The summed E-state index contributed by atoms with van der Waals surface area (Å²) in [6, 6.07) is 10.3. The molecule has 0 radical (unpaired) electrons. The first kappa shape index (κ1) is 18.9. The fraction of sp³-hybridized carbons (Fsp3) is 0.158. The van der Waals surface area contributed by atoms with Crippen LogP contribution in [0.25, 0.3) is 5.69 Å².